The maximum atomic E-state index is 12.2. The molecule has 2 aromatic rings. The molecule has 0 saturated heterocycles. The van der Waals surface area contributed by atoms with Gasteiger partial charge in [-0.2, -0.15) is 0 Å². The number of benzene rings is 2. The van der Waals surface area contributed by atoms with Gasteiger partial charge >= 0.3 is 6.36 Å². The van der Waals surface area contributed by atoms with Gasteiger partial charge in [-0.1, -0.05) is 23.7 Å². The number of nitroso groups, excluding NO2 is 1. The third-order valence-electron chi connectivity index (χ3n) is 4.12. The summed E-state index contributed by atoms with van der Waals surface area (Å²) in [4.78, 5) is 12.7. The normalized spacial score (nSPS) is 13.5. The predicted molar refractivity (Wildman–Crippen MR) is 93.5 cm³/mol. The quantitative estimate of drug-likeness (QED) is 0.541. The molecule has 0 atom stereocenters. The Labute approximate surface area is 152 Å². The molecule has 3 rings (SSSR count). The van der Waals surface area contributed by atoms with E-state index < -0.39 is 6.36 Å². The molecule has 0 amide bonds. The summed E-state index contributed by atoms with van der Waals surface area (Å²) in [6.45, 7) is 1.22. The van der Waals surface area contributed by atoms with Gasteiger partial charge in [-0.05, 0) is 41.8 Å². The third kappa shape index (κ3) is 4.01. The van der Waals surface area contributed by atoms with Crippen LogP contribution in [-0.2, 0) is 13.0 Å². The first-order valence-corrected chi connectivity index (χ1v) is 8.13. The molecule has 0 N–H and O–H groups in total. The number of anilines is 2. The van der Waals surface area contributed by atoms with Gasteiger partial charge in [0.2, 0.25) is 0 Å². The van der Waals surface area contributed by atoms with Crippen molar-refractivity contribution in [2.45, 2.75) is 19.3 Å². The molecule has 2 aromatic carbocycles. The van der Waals surface area contributed by atoms with Crippen LogP contribution in [0.25, 0.3) is 0 Å². The van der Waals surface area contributed by atoms with Crippen molar-refractivity contribution < 1.29 is 17.9 Å². The van der Waals surface area contributed by atoms with Crippen molar-refractivity contribution in [3.63, 3.8) is 0 Å². The topological polar surface area (TPSA) is 45.1 Å². The third-order valence-corrected chi connectivity index (χ3v) is 4.41. The van der Waals surface area contributed by atoms with E-state index >= 15 is 0 Å². The van der Waals surface area contributed by atoms with E-state index in [0.717, 1.165) is 29.8 Å². The number of hydrogen-bond donors (Lipinski definition) is 0. The molecular formula is C17H15ClF3N3O2. The fourth-order valence-electron chi connectivity index (χ4n) is 2.96. The zero-order valence-electron chi connectivity index (χ0n) is 13.8. The van der Waals surface area contributed by atoms with Crippen molar-refractivity contribution in [3.05, 3.63) is 57.5 Å². The van der Waals surface area contributed by atoms with Crippen LogP contribution < -0.4 is 14.6 Å². The Bertz CT molecular complexity index is 812. The van der Waals surface area contributed by atoms with Crippen molar-refractivity contribution in [2.24, 2.45) is 5.29 Å². The van der Waals surface area contributed by atoms with Gasteiger partial charge in [-0.15, -0.1) is 18.1 Å². The van der Waals surface area contributed by atoms with Crippen LogP contribution in [0.3, 0.4) is 0 Å². The summed E-state index contributed by atoms with van der Waals surface area (Å²) in [5.74, 6) is -0.254. The van der Waals surface area contributed by atoms with E-state index in [2.05, 4.69) is 14.9 Å². The van der Waals surface area contributed by atoms with E-state index in [1.165, 1.54) is 17.1 Å². The average Bonchev–Trinajstić information content (AvgIpc) is 2.98. The fraction of sp³-hybridized carbons (Fsp3) is 0.294. The van der Waals surface area contributed by atoms with Crippen LogP contribution in [0, 0.1) is 4.91 Å². The molecule has 0 aromatic heterocycles. The lowest BCUT2D eigenvalue weighted by Crippen LogP contribution is -2.20. The minimum Gasteiger partial charge on any atom is -0.406 e. The molecular weight excluding hydrogens is 371 g/mol. The van der Waals surface area contributed by atoms with Crippen LogP contribution in [-0.4, -0.2) is 20.0 Å². The highest BCUT2D eigenvalue weighted by molar-refractivity contribution is 6.33. The SMILES string of the molecule is CN(N=O)c1cc(Cl)c2c(c1)CCN2Cc1ccc(OC(F)(F)F)cc1. The lowest BCUT2D eigenvalue weighted by atomic mass is 10.1. The molecule has 1 aliphatic rings. The first kappa shape index (κ1) is 18.3. The Morgan fingerprint density at radius 2 is 1.96 bits per heavy atom. The molecule has 26 heavy (non-hydrogen) atoms. The number of halogens is 4. The number of rotatable bonds is 5. The first-order valence-electron chi connectivity index (χ1n) is 7.76. The van der Waals surface area contributed by atoms with Gasteiger partial charge < -0.3 is 9.64 Å². The lowest BCUT2D eigenvalue weighted by molar-refractivity contribution is -0.274. The molecule has 5 nitrogen and oxygen atoms in total. The molecule has 0 saturated carbocycles. The van der Waals surface area contributed by atoms with Gasteiger partial charge in [0.05, 0.1) is 21.7 Å². The van der Waals surface area contributed by atoms with Crippen LogP contribution >= 0.6 is 11.6 Å². The summed E-state index contributed by atoms with van der Waals surface area (Å²) < 4.78 is 40.5. The second-order valence-corrected chi connectivity index (χ2v) is 6.31. The standard InChI is InChI=1S/C17H15ClF3N3O2/c1-23(22-25)13-8-12-6-7-24(16(12)15(18)9-13)10-11-2-4-14(5-3-11)26-17(19,20)21/h2-5,8-9H,6-7,10H2,1H3. The molecule has 0 spiro atoms. The number of fused-ring (bicyclic) bond motifs is 1. The summed E-state index contributed by atoms with van der Waals surface area (Å²) in [6.07, 6.45) is -3.95. The number of hydrogen-bond acceptors (Lipinski definition) is 4. The molecule has 138 valence electrons. The Morgan fingerprint density at radius 3 is 2.58 bits per heavy atom. The molecule has 1 aliphatic heterocycles. The molecule has 1 heterocycles. The van der Waals surface area contributed by atoms with Crippen LogP contribution in [0.2, 0.25) is 5.02 Å². The van der Waals surface area contributed by atoms with Gasteiger partial charge in [0.1, 0.15) is 5.75 Å². The minimum absolute atomic E-state index is 0.254. The number of alkyl halides is 3. The molecule has 0 bridgehead atoms. The second-order valence-electron chi connectivity index (χ2n) is 5.90. The van der Waals surface area contributed by atoms with Crippen molar-refractivity contribution in [1.82, 2.24) is 0 Å². The average molecular weight is 386 g/mol. The molecule has 0 aliphatic carbocycles. The van der Waals surface area contributed by atoms with Crippen molar-refractivity contribution >= 4 is 23.0 Å². The van der Waals surface area contributed by atoms with E-state index in [1.54, 1.807) is 25.2 Å². The minimum atomic E-state index is -4.70. The largest absolute Gasteiger partial charge is 0.573 e. The van der Waals surface area contributed by atoms with E-state index in [-0.39, 0.29) is 5.75 Å². The smallest absolute Gasteiger partial charge is 0.406 e. The lowest BCUT2D eigenvalue weighted by Gasteiger charge is -2.22. The monoisotopic (exact) mass is 385 g/mol. The predicted octanol–water partition coefficient (Wildman–Crippen LogP) is 4.92. The Balaban J connectivity index is 1.77. The van der Waals surface area contributed by atoms with Crippen molar-refractivity contribution in [1.29, 1.82) is 0 Å². The van der Waals surface area contributed by atoms with Crippen molar-refractivity contribution in [2.75, 3.05) is 23.5 Å². The number of nitrogens with zero attached hydrogens (tertiary/aromatic N) is 3. The molecule has 0 unspecified atom stereocenters. The number of ether oxygens (including phenoxy) is 1. The maximum absolute atomic E-state index is 12.2. The zero-order valence-corrected chi connectivity index (χ0v) is 14.5. The Kier molecular flexibility index (Phi) is 4.95. The summed E-state index contributed by atoms with van der Waals surface area (Å²) in [7, 11) is 1.54. The van der Waals surface area contributed by atoms with Crippen LogP contribution in [0.5, 0.6) is 5.75 Å². The summed E-state index contributed by atoms with van der Waals surface area (Å²) in [5.41, 5.74) is 3.31. The highest BCUT2D eigenvalue weighted by atomic mass is 35.5. The first-order chi connectivity index (χ1) is 12.3. The second kappa shape index (κ2) is 7.03. The van der Waals surface area contributed by atoms with E-state index in [9.17, 15) is 18.1 Å². The molecule has 0 fully saturated rings. The van der Waals surface area contributed by atoms with Gasteiger partial charge in [-0.25, -0.2) is 5.01 Å². The van der Waals surface area contributed by atoms with Crippen molar-refractivity contribution in [3.8, 4) is 5.75 Å². The zero-order chi connectivity index (χ0) is 18.9. The van der Waals surface area contributed by atoms with E-state index in [4.69, 9.17) is 11.6 Å². The highest BCUT2D eigenvalue weighted by Crippen LogP contribution is 2.39. The van der Waals surface area contributed by atoms with Crippen LogP contribution in [0.1, 0.15) is 11.1 Å². The molecule has 0 radical (unpaired) electrons. The van der Waals surface area contributed by atoms with Gasteiger partial charge in [0.25, 0.3) is 0 Å². The van der Waals surface area contributed by atoms with Gasteiger partial charge in [0.15, 0.2) is 0 Å². The summed E-state index contributed by atoms with van der Waals surface area (Å²) in [5, 5.41) is 4.57. The summed E-state index contributed by atoms with van der Waals surface area (Å²) >= 11 is 6.38. The molecule has 9 heteroatoms. The maximum Gasteiger partial charge on any atom is 0.573 e. The van der Waals surface area contributed by atoms with Gasteiger partial charge in [-0.3, -0.25) is 0 Å². The van der Waals surface area contributed by atoms with E-state index in [0.29, 0.717) is 17.3 Å². The summed E-state index contributed by atoms with van der Waals surface area (Å²) in [6, 6.07) is 9.28. The van der Waals surface area contributed by atoms with Gasteiger partial charge in [0, 0.05) is 20.1 Å². The Morgan fingerprint density at radius 1 is 1.27 bits per heavy atom. The van der Waals surface area contributed by atoms with Crippen LogP contribution in [0.4, 0.5) is 24.5 Å². The van der Waals surface area contributed by atoms with Crippen LogP contribution in [0.15, 0.2) is 41.7 Å². The fourth-order valence-corrected chi connectivity index (χ4v) is 3.31. The Hall–Kier alpha value is -2.48. The highest BCUT2D eigenvalue weighted by Gasteiger charge is 2.31. The van der Waals surface area contributed by atoms with E-state index in [1.807, 2.05) is 6.07 Å².